The van der Waals surface area contributed by atoms with E-state index in [4.69, 9.17) is 0 Å². The van der Waals surface area contributed by atoms with E-state index in [9.17, 15) is 0 Å². The molecule has 0 fully saturated rings. The van der Waals surface area contributed by atoms with Gasteiger partial charge in [0, 0.05) is 0 Å². The third kappa shape index (κ3) is 6.69. The molecule has 0 heteroatoms. The lowest BCUT2D eigenvalue weighted by Crippen LogP contribution is -2.02. The SMILES string of the molecule is CCCCCC(C)CC(C)CC. The minimum Gasteiger partial charge on any atom is -0.0654 e. The summed E-state index contributed by atoms with van der Waals surface area (Å²) in [7, 11) is 0. The van der Waals surface area contributed by atoms with Crippen LogP contribution in [0.4, 0.5) is 0 Å². The van der Waals surface area contributed by atoms with Gasteiger partial charge >= 0.3 is 0 Å². The Morgan fingerprint density at radius 1 is 0.917 bits per heavy atom. The van der Waals surface area contributed by atoms with Gasteiger partial charge in [0.25, 0.3) is 0 Å². The minimum atomic E-state index is 0.932. The molecule has 0 saturated carbocycles. The van der Waals surface area contributed by atoms with Crippen LogP contribution in [0.1, 0.15) is 66.2 Å². The maximum atomic E-state index is 2.40. The Morgan fingerprint density at radius 2 is 1.58 bits per heavy atom. The summed E-state index contributed by atoms with van der Waals surface area (Å²) in [6.45, 7) is 9.35. The van der Waals surface area contributed by atoms with Crippen LogP contribution in [0.2, 0.25) is 0 Å². The van der Waals surface area contributed by atoms with Crippen molar-refractivity contribution in [2.45, 2.75) is 66.2 Å². The van der Waals surface area contributed by atoms with Gasteiger partial charge in [-0.1, -0.05) is 59.8 Å². The maximum Gasteiger partial charge on any atom is -0.0440 e. The molecule has 0 rings (SSSR count). The molecule has 0 N–H and O–H groups in total. The summed E-state index contributed by atoms with van der Waals surface area (Å²) in [4.78, 5) is 0. The van der Waals surface area contributed by atoms with Gasteiger partial charge in [-0.3, -0.25) is 0 Å². The Balaban J connectivity index is 3.26. The minimum absolute atomic E-state index is 0.932. The first-order valence-electron chi connectivity index (χ1n) is 5.70. The molecule has 2 atom stereocenters. The van der Waals surface area contributed by atoms with E-state index < -0.39 is 0 Å². The fourth-order valence-electron chi connectivity index (χ4n) is 1.71. The van der Waals surface area contributed by atoms with Crippen molar-refractivity contribution in [1.29, 1.82) is 0 Å². The fraction of sp³-hybridized carbons (Fsp3) is 1.00. The van der Waals surface area contributed by atoms with Crippen molar-refractivity contribution in [3.05, 3.63) is 0 Å². The summed E-state index contributed by atoms with van der Waals surface area (Å²) in [6, 6.07) is 0. The van der Waals surface area contributed by atoms with Crippen molar-refractivity contribution in [3.8, 4) is 0 Å². The monoisotopic (exact) mass is 170 g/mol. The third-order valence-corrected chi connectivity index (χ3v) is 2.80. The van der Waals surface area contributed by atoms with E-state index >= 15 is 0 Å². The quantitative estimate of drug-likeness (QED) is 0.488. The highest BCUT2D eigenvalue weighted by Gasteiger charge is 2.06. The van der Waals surface area contributed by atoms with Gasteiger partial charge in [0.1, 0.15) is 0 Å². The largest absolute Gasteiger partial charge is 0.0654 e. The molecule has 0 bridgehead atoms. The van der Waals surface area contributed by atoms with Crippen LogP contribution in [0.5, 0.6) is 0 Å². The van der Waals surface area contributed by atoms with E-state index in [2.05, 4.69) is 27.7 Å². The van der Waals surface area contributed by atoms with E-state index in [-0.39, 0.29) is 0 Å². The van der Waals surface area contributed by atoms with E-state index in [0.29, 0.717) is 0 Å². The van der Waals surface area contributed by atoms with E-state index in [0.717, 1.165) is 11.8 Å². The third-order valence-electron chi connectivity index (χ3n) is 2.80. The number of hydrogen-bond acceptors (Lipinski definition) is 0. The van der Waals surface area contributed by atoms with Crippen molar-refractivity contribution < 1.29 is 0 Å². The predicted octanol–water partition coefficient (Wildman–Crippen LogP) is 4.64. The van der Waals surface area contributed by atoms with E-state index in [1.54, 1.807) is 0 Å². The highest BCUT2D eigenvalue weighted by Crippen LogP contribution is 2.19. The average molecular weight is 170 g/mol. The Morgan fingerprint density at radius 3 is 2.08 bits per heavy atom. The van der Waals surface area contributed by atoms with Crippen molar-refractivity contribution in [2.24, 2.45) is 11.8 Å². The summed E-state index contributed by atoms with van der Waals surface area (Å²) in [5, 5.41) is 0. The standard InChI is InChI=1S/C12H26/c1-5-7-8-9-12(4)10-11(3)6-2/h11-12H,5-10H2,1-4H3. The average Bonchev–Trinajstić information content (AvgIpc) is 2.05. The molecule has 0 saturated heterocycles. The summed E-state index contributed by atoms with van der Waals surface area (Å²) in [6.07, 6.45) is 8.44. The molecule has 0 aliphatic rings. The van der Waals surface area contributed by atoms with Crippen LogP contribution < -0.4 is 0 Å². The van der Waals surface area contributed by atoms with Gasteiger partial charge in [0.15, 0.2) is 0 Å². The molecule has 0 spiro atoms. The lowest BCUT2D eigenvalue weighted by atomic mass is 9.91. The van der Waals surface area contributed by atoms with Gasteiger partial charge in [-0.2, -0.15) is 0 Å². The highest BCUT2D eigenvalue weighted by atomic mass is 14.1. The second-order valence-electron chi connectivity index (χ2n) is 4.35. The fourth-order valence-corrected chi connectivity index (χ4v) is 1.71. The lowest BCUT2D eigenvalue weighted by Gasteiger charge is -2.15. The Kier molecular flexibility index (Phi) is 7.64. The molecular weight excluding hydrogens is 144 g/mol. The molecule has 0 amide bonds. The Labute approximate surface area is 78.8 Å². The van der Waals surface area contributed by atoms with Crippen LogP contribution in [0, 0.1) is 11.8 Å². The normalized spacial score (nSPS) is 16.0. The first kappa shape index (κ1) is 12.0. The molecule has 0 aromatic carbocycles. The van der Waals surface area contributed by atoms with Crippen molar-refractivity contribution in [1.82, 2.24) is 0 Å². The zero-order valence-electron chi connectivity index (χ0n) is 9.40. The summed E-state index contributed by atoms with van der Waals surface area (Å²) in [5.41, 5.74) is 0. The van der Waals surface area contributed by atoms with Gasteiger partial charge in [-0.15, -0.1) is 0 Å². The van der Waals surface area contributed by atoms with Gasteiger partial charge in [0.05, 0.1) is 0 Å². The second kappa shape index (κ2) is 7.64. The molecule has 0 aliphatic carbocycles. The second-order valence-corrected chi connectivity index (χ2v) is 4.35. The smallest absolute Gasteiger partial charge is 0.0440 e. The summed E-state index contributed by atoms with van der Waals surface area (Å²) >= 11 is 0. The number of unbranched alkanes of at least 4 members (excludes halogenated alkanes) is 2. The topological polar surface area (TPSA) is 0 Å². The molecule has 74 valence electrons. The van der Waals surface area contributed by atoms with Crippen LogP contribution in [-0.2, 0) is 0 Å². The Bertz CT molecular complexity index is 86.0. The molecule has 0 radical (unpaired) electrons. The van der Waals surface area contributed by atoms with Gasteiger partial charge < -0.3 is 0 Å². The molecule has 12 heavy (non-hydrogen) atoms. The van der Waals surface area contributed by atoms with Crippen molar-refractivity contribution >= 4 is 0 Å². The Hall–Kier alpha value is 0. The van der Waals surface area contributed by atoms with E-state index in [1.807, 2.05) is 0 Å². The van der Waals surface area contributed by atoms with Crippen molar-refractivity contribution in [3.63, 3.8) is 0 Å². The van der Waals surface area contributed by atoms with E-state index in [1.165, 1.54) is 38.5 Å². The number of rotatable bonds is 7. The number of hydrogen-bond donors (Lipinski definition) is 0. The summed E-state index contributed by atoms with van der Waals surface area (Å²) in [5.74, 6) is 1.88. The predicted molar refractivity (Wildman–Crippen MR) is 57.4 cm³/mol. The van der Waals surface area contributed by atoms with Crippen molar-refractivity contribution in [2.75, 3.05) is 0 Å². The molecule has 0 heterocycles. The van der Waals surface area contributed by atoms with Gasteiger partial charge in [-0.05, 0) is 18.3 Å². The molecule has 0 nitrogen and oxygen atoms in total. The van der Waals surface area contributed by atoms with Gasteiger partial charge in [-0.25, -0.2) is 0 Å². The van der Waals surface area contributed by atoms with Crippen LogP contribution in [0.25, 0.3) is 0 Å². The molecule has 0 aliphatic heterocycles. The molecule has 2 unspecified atom stereocenters. The summed E-state index contributed by atoms with van der Waals surface area (Å²) < 4.78 is 0. The molecule has 0 aromatic rings. The maximum absolute atomic E-state index is 2.40. The van der Waals surface area contributed by atoms with Crippen LogP contribution >= 0.6 is 0 Å². The first-order chi connectivity index (χ1) is 5.70. The lowest BCUT2D eigenvalue weighted by molar-refractivity contribution is 0.376. The van der Waals surface area contributed by atoms with Crippen LogP contribution in [0.15, 0.2) is 0 Å². The van der Waals surface area contributed by atoms with Crippen LogP contribution in [0.3, 0.4) is 0 Å². The molecule has 0 aromatic heterocycles. The highest BCUT2D eigenvalue weighted by molar-refractivity contribution is 4.58. The van der Waals surface area contributed by atoms with Gasteiger partial charge in [0.2, 0.25) is 0 Å². The zero-order valence-corrected chi connectivity index (χ0v) is 9.40. The van der Waals surface area contributed by atoms with Crippen LogP contribution in [-0.4, -0.2) is 0 Å². The first-order valence-corrected chi connectivity index (χ1v) is 5.70. The zero-order chi connectivity index (χ0) is 9.40. The molecular formula is C12H26.